The minimum Gasteiger partial charge on any atom is -0.461 e. The van der Waals surface area contributed by atoms with Crippen LogP contribution in [0.15, 0.2) is 24.3 Å². The van der Waals surface area contributed by atoms with Gasteiger partial charge in [0.05, 0.1) is 0 Å². The Kier molecular flexibility index (Phi) is 5.48. The molecule has 0 radical (unpaired) electrons. The number of ether oxygens (including phenoxy) is 1. The highest BCUT2D eigenvalue weighted by Crippen LogP contribution is 2.08. The molecule has 0 amide bonds. The predicted octanol–water partition coefficient (Wildman–Crippen LogP) is 0.835. The van der Waals surface area contributed by atoms with Gasteiger partial charge in [0.15, 0.2) is 0 Å². The van der Waals surface area contributed by atoms with Crippen molar-refractivity contribution in [3.63, 3.8) is 0 Å². The van der Waals surface area contributed by atoms with E-state index in [1.165, 1.54) is 6.92 Å². The SMILES string of the molecule is CO[Si](OC)(OC)c1ccc(COC(C)=O)cc1. The number of hydrogen-bond acceptors (Lipinski definition) is 5. The first-order valence-electron chi connectivity index (χ1n) is 5.46. The standard InChI is InChI=1S/C12H18O5Si/c1-10(13)17-9-11-5-7-12(8-6-11)18(14-2,15-3)16-4/h5-8H,9H2,1-4H3. The summed E-state index contributed by atoms with van der Waals surface area (Å²) in [4.78, 5) is 10.7. The van der Waals surface area contributed by atoms with Gasteiger partial charge >= 0.3 is 14.8 Å². The smallest absolute Gasteiger partial charge is 0.461 e. The van der Waals surface area contributed by atoms with Crippen LogP contribution in [0.5, 0.6) is 0 Å². The number of hydrogen-bond donors (Lipinski definition) is 0. The molecule has 0 aliphatic rings. The summed E-state index contributed by atoms with van der Waals surface area (Å²) in [5.41, 5.74) is 0.903. The minimum atomic E-state index is -2.77. The van der Waals surface area contributed by atoms with Gasteiger partial charge < -0.3 is 18.0 Å². The van der Waals surface area contributed by atoms with E-state index in [9.17, 15) is 4.79 Å². The number of rotatable bonds is 6. The Morgan fingerprint density at radius 2 is 1.56 bits per heavy atom. The van der Waals surface area contributed by atoms with Crippen LogP contribution in [-0.4, -0.2) is 36.1 Å². The molecule has 0 bridgehead atoms. The molecular weight excluding hydrogens is 252 g/mol. The van der Waals surface area contributed by atoms with Crippen molar-refractivity contribution in [3.05, 3.63) is 29.8 Å². The Bertz CT molecular complexity index is 378. The fourth-order valence-electron chi connectivity index (χ4n) is 1.59. The van der Waals surface area contributed by atoms with E-state index >= 15 is 0 Å². The van der Waals surface area contributed by atoms with Gasteiger partial charge in [-0.05, 0) is 5.56 Å². The first kappa shape index (κ1) is 14.8. The highest BCUT2D eigenvalue weighted by atomic mass is 28.4. The first-order chi connectivity index (χ1) is 8.57. The van der Waals surface area contributed by atoms with Gasteiger partial charge in [-0.1, -0.05) is 24.3 Å². The number of carbonyl (C=O) groups excluding carboxylic acids is 1. The Morgan fingerprint density at radius 3 is 1.94 bits per heavy atom. The molecule has 0 atom stereocenters. The van der Waals surface area contributed by atoms with Gasteiger partial charge in [0, 0.05) is 33.4 Å². The molecule has 0 saturated heterocycles. The topological polar surface area (TPSA) is 54.0 Å². The van der Waals surface area contributed by atoms with Gasteiger partial charge in [-0.25, -0.2) is 0 Å². The molecule has 0 heterocycles. The van der Waals surface area contributed by atoms with Crippen LogP contribution in [0.2, 0.25) is 0 Å². The highest BCUT2D eigenvalue weighted by Gasteiger charge is 2.40. The molecule has 0 aliphatic carbocycles. The Hall–Kier alpha value is -1.21. The van der Waals surface area contributed by atoms with Crippen LogP contribution in [0.3, 0.4) is 0 Å². The van der Waals surface area contributed by atoms with Crippen molar-refractivity contribution >= 4 is 20.0 Å². The van der Waals surface area contributed by atoms with Crippen molar-refractivity contribution in [2.75, 3.05) is 21.3 Å². The summed E-state index contributed by atoms with van der Waals surface area (Å²) >= 11 is 0. The van der Waals surface area contributed by atoms with Gasteiger partial charge in [-0.3, -0.25) is 4.79 Å². The maximum absolute atomic E-state index is 10.7. The van der Waals surface area contributed by atoms with Gasteiger partial charge in [0.1, 0.15) is 6.61 Å². The molecule has 0 fully saturated rings. The third-order valence-electron chi connectivity index (χ3n) is 2.56. The van der Waals surface area contributed by atoms with E-state index in [0.717, 1.165) is 10.8 Å². The number of benzene rings is 1. The maximum Gasteiger partial charge on any atom is 0.536 e. The molecule has 1 rings (SSSR count). The molecule has 18 heavy (non-hydrogen) atoms. The van der Waals surface area contributed by atoms with Gasteiger partial charge in [0.25, 0.3) is 0 Å². The number of carbonyl (C=O) groups is 1. The van der Waals surface area contributed by atoms with Crippen molar-refractivity contribution < 1.29 is 22.8 Å². The molecule has 0 aromatic heterocycles. The van der Waals surface area contributed by atoms with E-state index < -0.39 is 8.80 Å². The lowest BCUT2D eigenvalue weighted by molar-refractivity contribution is -0.142. The molecule has 1 aromatic carbocycles. The van der Waals surface area contributed by atoms with Gasteiger partial charge in [-0.2, -0.15) is 0 Å². The van der Waals surface area contributed by atoms with Crippen molar-refractivity contribution in [2.24, 2.45) is 0 Å². The summed E-state index contributed by atoms with van der Waals surface area (Å²) < 4.78 is 21.0. The summed E-state index contributed by atoms with van der Waals surface area (Å²) in [6, 6.07) is 7.44. The third-order valence-corrected chi connectivity index (χ3v) is 5.21. The Morgan fingerprint density at radius 1 is 1.06 bits per heavy atom. The summed E-state index contributed by atoms with van der Waals surface area (Å²) in [5, 5.41) is 0.863. The van der Waals surface area contributed by atoms with Crippen LogP contribution in [-0.2, 0) is 29.4 Å². The van der Waals surface area contributed by atoms with Crippen LogP contribution in [0.1, 0.15) is 12.5 Å². The lowest BCUT2D eigenvalue weighted by Gasteiger charge is -2.24. The monoisotopic (exact) mass is 270 g/mol. The van der Waals surface area contributed by atoms with Crippen LogP contribution in [0.4, 0.5) is 0 Å². The Balaban J connectivity index is 2.84. The highest BCUT2D eigenvalue weighted by molar-refractivity contribution is 6.75. The third kappa shape index (κ3) is 3.39. The lowest BCUT2D eigenvalue weighted by atomic mass is 10.2. The fourth-order valence-corrected chi connectivity index (χ4v) is 3.38. The molecule has 100 valence electrons. The molecular formula is C12H18O5Si. The Labute approximate surface area is 108 Å². The van der Waals surface area contributed by atoms with E-state index in [1.807, 2.05) is 24.3 Å². The predicted molar refractivity (Wildman–Crippen MR) is 68.3 cm³/mol. The van der Waals surface area contributed by atoms with E-state index in [4.69, 9.17) is 18.0 Å². The lowest BCUT2D eigenvalue weighted by Crippen LogP contribution is -2.54. The molecule has 5 nitrogen and oxygen atoms in total. The zero-order valence-corrected chi connectivity index (χ0v) is 12.1. The minimum absolute atomic E-state index is 0.261. The van der Waals surface area contributed by atoms with Crippen LogP contribution < -0.4 is 5.19 Å². The van der Waals surface area contributed by atoms with Crippen LogP contribution in [0.25, 0.3) is 0 Å². The molecule has 0 N–H and O–H groups in total. The average molecular weight is 270 g/mol. The number of esters is 1. The normalized spacial score (nSPS) is 11.3. The van der Waals surface area contributed by atoms with Gasteiger partial charge in [-0.15, -0.1) is 0 Å². The molecule has 6 heteroatoms. The summed E-state index contributed by atoms with van der Waals surface area (Å²) in [6.45, 7) is 1.64. The van der Waals surface area contributed by atoms with Crippen molar-refractivity contribution in [1.82, 2.24) is 0 Å². The first-order valence-corrected chi connectivity index (χ1v) is 7.18. The molecule has 0 unspecified atom stereocenters. The summed E-state index contributed by atoms with van der Waals surface area (Å²) in [6.07, 6.45) is 0. The summed E-state index contributed by atoms with van der Waals surface area (Å²) in [5.74, 6) is -0.298. The van der Waals surface area contributed by atoms with E-state index in [1.54, 1.807) is 21.3 Å². The second-order valence-corrected chi connectivity index (χ2v) is 6.56. The van der Waals surface area contributed by atoms with Crippen molar-refractivity contribution in [2.45, 2.75) is 13.5 Å². The fraction of sp³-hybridized carbons (Fsp3) is 0.417. The largest absolute Gasteiger partial charge is 0.536 e. The quantitative estimate of drug-likeness (QED) is 0.566. The summed E-state index contributed by atoms with van der Waals surface area (Å²) in [7, 11) is 1.92. The zero-order chi connectivity index (χ0) is 13.6. The second kappa shape index (κ2) is 6.65. The average Bonchev–Trinajstić information content (AvgIpc) is 2.40. The molecule has 1 aromatic rings. The molecule has 0 saturated carbocycles. The van der Waals surface area contributed by atoms with E-state index in [0.29, 0.717) is 0 Å². The maximum atomic E-state index is 10.7. The van der Waals surface area contributed by atoms with Crippen LogP contribution in [0, 0.1) is 0 Å². The van der Waals surface area contributed by atoms with Crippen molar-refractivity contribution in [3.8, 4) is 0 Å². The zero-order valence-electron chi connectivity index (χ0n) is 11.1. The van der Waals surface area contributed by atoms with E-state index in [2.05, 4.69) is 0 Å². The van der Waals surface area contributed by atoms with E-state index in [-0.39, 0.29) is 12.6 Å². The van der Waals surface area contributed by atoms with Gasteiger partial charge in [0.2, 0.25) is 0 Å². The van der Waals surface area contributed by atoms with Crippen molar-refractivity contribution in [1.29, 1.82) is 0 Å². The second-order valence-electron chi connectivity index (χ2n) is 3.65. The molecule has 0 aliphatic heterocycles. The molecule has 0 spiro atoms. The van der Waals surface area contributed by atoms with Crippen LogP contribution >= 0.6 is 0 Å².